The summed E-state index contributed by atoms with van der Waals surface area (Å²) in [7, 11) is 0. The molecule has 0 N–H and O–H groups in total. The number of pyridine rings is 1. The minimum Gasteiger partial charge on any atom is -0.207 e. The first kappa shape index (κ1) is 43.0. The zero-order valence-electron chi connectivity index (χ0n) is 27.6. The molecule has 0 fully saturated rings. The Labute approximate surface area is 309 Å². The minimum atomic E-state index is -7.22. The van der Waals surface area contributed by atoms with E-state index in [-0.39, 0.29) is 0 Å². The molecule has 0 aliphatic carbocycles. The fourth-order valence-electron chi connectivity index (χ4n) is 6.31. The molecule has 6 rings (SSSR count). The van der Waals surface area contributed by atoms with E-state index in [2.05, 4.69) is 53.9 Å². The summed E-state index contributed by atoms with van der Waals surface area (Å²) in [6.45, 7) is 4.58. The van der Waals surface area contributed by atoms with Crippen LogP contribution >= 0.6 is 0 Å². The van der Waals surface area contributed by atoms with Gasteiger partial charge in [0.15, 0.2) is 88.7 Å². The van der Waals surface area contributed by atoms with Crippen molar-refractivity contribution in [3.63, 3.8) is 0 Å². The first-order valence-corrected chi connectivity index (χ1v) is 15.3. The van der Waals surface area contributed by atoms with Gasteiger partial charge in [-0.2, -0.15) is 0 Å². The number of rotatable bonds is 6. The van der Waals surface area contributed by atoms with Crippen LogP contribution in [0.4, 0.5) is 87.8 Å². The Bertz CT molecular complexity index is 2300. The Morgan fingerprint density at radius 2 is 0.603 bits per heavy atom. The summed E-state index contributed by atoms with van der Waals surface area (Å²) in [5, 5.41) is 2.55. The van der Waals surface area contributed by atoms with E-state index in [4.69, 9.17) is 0 Å². The van der Waals surface area contributed by atoms with Crippen molar-refractivity contribution in [1.82, 2.24) is 0 Å². The van der Waals surface area contributed by atoms with E-state index in [9.17, 15) is 52.7 Å². The highest BCUT2D eigenvalue weighted by atomic mass is 19.2. The Kier molecular flexibility index (Phi) is 11.6. The fourth-order valence-corrected chi connectivity index (χ4v) is 6.31. The smallest absolute Gasteiger partial charge is 0.200 e. The molecule has 5 aromatic carbocycles. The van der Waals surface area contributed by atoms with E-state index in [1.54, 1.807) is 0 Å². The van der Waals surface area contributed by atoms with Gasteiger partial charge in [-0.3, -0.25) is 0 Å². The predicted octanol–water partition coefficient (Wildman–Crippen LogP) is 8.16. The van der Waals surface area contributed by atoms with Gasteiger partial charge in [0.2, 0.25) is 0 Å². The number of benzene rings is 5. The lowest BCUT2D eigenvalue weighted by molar-refractivity contribution is -0.685. The standard InChI is InChI=1S/C24BF20.C12H12N/c26-5-1(6(27)14(35)21(42)13(5)34)25(2-7(28)15(36)22(43)16(37)8(2)29,3-9(30)17(38)23(44)18(39)10(3)31)4-11(32)19(40)24(45)20(41)12(4)33;1-2-8-13-9-7-11-5-3-4-6-12(11)10-13/h;2-7,9-10H,1,8H2/q-1;+1. The number of fused-ring (bicyclic) bond motifs is 1. The van der Waals surface area contributed by atoms with Crippen LogP contribution in [0.1, 0.15) is 0 Å². The van der Waals surface area contributed by atoms with E-state index in [1.165, 1.54) is 10.8 Å². The number of nitrogens with zero attached hydrogens (tertiary/aromatic N) is 1. The maximum Gasteiger partial charge on any atom is 0.200 e. The summed E-state index contributed by atoms with van der Waals surface area (Å²) < 4.78 is 296. The maximum absolute atomic E-state index is 15.4. The molecule has 0 spiro atoms. The van der Waals surface area contributed by atoms with Crippen molar-refractivity contribution in [3.8, 4) is 0 Å². The van der Waals surface area contributed by atoms with Crippen LogP contribution < -0.4 is 26.4 Å². The van der Waals surface area contributed by atoms with E-state index in [0.717, 1.165) is 6.54 Å². The second kappa shape index (κ2) is 15.7. The van der Waals surface area contributed by atoms with Crippen LogP contribution in [0.5, 0.6) is 0 Å². The van der Waals surface area contributed by atoms with E-state index >= 15 is 35.1 Å². The van der Waals surface area contributed by atoms with Gasteiger partial charge in [-0.15, -0.1) is 21.9 Å². The molecule has 6 aromatic rings. The average molecular weight is 849 g/mol. The highest BCUT2D eigenvalue weighted by Crippen LogP contribution is 2.30. The van der Waals surface area contributed by atoms with E-state index in [0.29, 0.717) is 0 Å². The van der Waals surface area contributed by atoms with Crippen LogP contribution in [-0.2, 0) is 6.54 Å². The molecule has 304 valence electrons. The predicted molar refractivity (Wildman–Crippen MR) is 164 cm³/mol. The van der Waals surface area contributed by atoms with Crippen molar-refractivity contribution in [2.75, 3.05) is 0 Å². The molecule has 0 saturated carbocycles. The summed E-state index contributed by atoms with van der Waals surface area (Å²) in [5.74, 6) is -71.4. The molecule has 58 heavy (non-hydrogen) atoms. The first-order valence-electron chi connectivity index (χ1n) is 15.3. The lowest BCUT2D eigenvalue weighted by Gasteiger charge is -2.44. The quantitative estimate of drug-likeness (QED) is 0.0398. The van der Waals surface area contributed by atoms with Crippen molar-refractivity contribution < 1.29 is 92.4 Å². The van der Waals surface area contributed by atoms with Crippen LogP contribution in [0.2, 0.25) is 0 Å². The van der Waals surface area contributed by atoms with E-state index in [1.807, 2.05) is 6.08 Å². The molecule has 1 nitrogen and oxygen atoms in total. The third-order valence-corrected chi connectivity index (χ3v) is 8.79. The number of hydrogen-bond acceptors (Lipinski definition) is 0. The molecule has 0 radical (unpaired) electrons. The summed E-state index contributed by atoms with van der Waals surface area (Å²) in [5.41, 5.74) is -14.3. The van der Waals surface area contributed by atoms with Gasteiger partial charge in [-0.1, -0.05) is 24.8 Å². The molecule has 1 heterocycles. The second-order valence-corrected chi connectivity index (χ2v) is 11.9. The Balaban J connectivity index is 0.000000414. The van der Waals surface area contributed by atoms with Gasteiger partial charge < -0.3 is 0 Å². The summed E-state index contributed by atoms with van der Waals surface area (Å²) >= 11 is 0. The molecule has 0 atom stereocenters. The summed E-state index contributed by atoms with van der Waals surface area (Å²) in [4.78, 5) is 0. The SMILES string of the molecule is C=CC[n+]1ccc2ccccc2c1.Fc1c(F)c(F)c([B-](c2c(F)c(F)c(F)c(F)c2F)(c2c(F)c(F)c(F)c(F)c2F)c2c(F)c(F)c(F)c(F)c2F)c(F)c1F. The van der Waals surface area contributed by atoms with Crippen molar-refractivity contribution in [2.45, 2.75) is 6.54 Å². The lowest BCUT2D eigenvalue weighted by Crippen LogP contribution is -2.81. The highest BCUT2D eigenvalue weighted by molar-refractivity contribution is 7.20. The Morgan fingerprint density at radius 3 is 0.862 bits per heavy atom. The number of halogens is 20. The third-order valence-electron chi connectivity index (χ3n) is 8.79. The number of hydrogen-bond donors (Lipinski definition) is 0. The zero-order valence-corrected chi connectivity index (χ0v) is 27.6. The monoisotopic (exact) mass is 849 g/mol. The van der Waals surface area contributed by atoms with Gasteiger partial charge in [0, 0.05) is 11.5 Å². The normalized spacial score (nSPS) is 11.6. The van der Waals surface area contributed by atoms with Crippen LogP contribution in [0.3, 0.4) is 0 Å². The van der Waals surface area contributed by atoms with Crippen molar-refractivity contribution >= 4 is 38.8 Å². The largest absolute Gasteiger partial charge is 0.207 e. The molecule has 0 unspecified atom stereocenters. The van der Waals surface area contributed by atoms with Crippen molar-refractivity contribution in [1.29, 1.82) is 0 Å². The van der Waals surface area contributed by atoms with Gasteiger partial charge >= 0.3 is 0 Å². The topological polar surface area (TPSA) is 3.88 Å². The van der Waals surface area contributed by atoms with Crippen molar-refractivity contribution in [2.24, 2.45) is 0 Å². The summed E-state index contributed by atoms with van der Waals surface area (Å²) in [6, 6.07) is 10.5. The maximum atomic E-state index is 15.4. The van der Waals surface area contributed by atoms with Gasteiger partial charge in [-0.25, -0.2) is 92.4 Å². The minimum absolute atomic E-state index is 0.866. The average Bonchev–Trinajstić information content (AvgIpc) is 3.21. The Hall–Kier alpha value is -6.09. The zero-order chi connectivity index (χ0) is 43.5. The van der Waals surface area contributed by atoms with Gasteiger partial charge in [0.1, 0.15) is 52.7 Å². The van der Waals surface area contributed by atoms with Crippen LogP contribution in [0.15, 0.2) is 55.4 Å². The van der Waals surface area contributed by atoms with Crippen LogP contribution in [0.25, 0.3) is 10.8 Å². The summed E-state index contributed by atoms with van der Waals surface area (Å²) in [6.07, 6.45) is -1.11. The van der Waals surface area contributed by atoms with E-state index < -0.39 is 144 Å². The fraction of sp³-hybridized carbons (Fsp3) is 0.0278. The molecule has 0 bridgehead atoms. The molecule has 0 amide bonds. The molecule has 22 heteroatoms. The number of allylic oxidation sites excluding steroid dienone is 1. The Morgan fingerprint density at radius 1 is 0.362 bits per heavy atom. The third kappa shape index (κ3) is 6.37. The van der Waals surface area contributed by atoms with Crippen molar-refractivity contribution in [3.05, 3.63) is 172 Å². The molecule has 0 aliphatic heterocycles. The van der Waals surface area contributed by atoms with Gasteiger partial charge in [-0.05, 0) is 17.5 Å². The molecular weight excluding hydrogens is 837 g/mol. The second-order valence-electron chi connectivity index (χ2n) is 11.9. The van der Waals surface area contributed by atoms with Gasteiger partial charge in [0.25, 0.3) is 0 Å². The van der Waals surface area contributed by atoms with Crippen LogP contribution in [-0.4, -0.2) is 6.15 Å². The first-order chi connectivity index (χ1) is 27.1. The lowest BCUT2D eigenvalue weighted by atomic mass is 9.12. The molecule has 0 saturated heterocycles. The highest BCUT2D eigenvalue weighted by Gasteiger charge is 2.52. The van der Waals surface area contributed by atoms with Gasteiger partial charge in [0.05, 0.1) is 0 Å². The molecule has 1 aromatic heterocycles. The molecular formula is C36H12BF20N. The molecule has 0 aliphatic rings. The van der Waals surface area contributed by atoms with Crippen LogP contribution in [0, 0.1) is 116 Å². The number of aromatic nitrogens is 1.